The molecule has 0 saturated heterocycles. The predicted molar refractivity (Wildman–Crippen MR) is 108 cm³/mol. The Balaban J connectivity index is 1.58. The van der Waals surface area contributed by atoms with E-state index in [1.54, 1.807) is 17.0 Å². The Hall–Kier alpha value is -2.81. The van der Waals surface area contributed by atoms with Crippen LogP contribution in [0.25, 0.3) is 22.1 Å². The Bertz CT molecular complexity index is 1040. The fraction of sp³-hybridized carbons (Fsp3) is 0.400. The molecule has 0 saturated carbocycles. The van der Waals surface area contributed by atoms with Crippen LogP contribution < -0.4 is 0 Å². The molecule has 1 aromatic carbocycles. The maximum absolute atomic E-state index is 13.2. The minimum Gasteiger partial charge on any atom is -0.444 e. The lowest BCUT2D eigenvalue weighted by Crippen LogP contribution is -2.43. The molecule has 0 aliphatic carbocycles. The number of carbonyl (C=O) groups is 1. The number of aromatic nitrogens is 4. The molecule has 1 aliphatic rings. The van der Waals surface area contributed by atoms with Crippen LogP contribution in [0.15, 0.2) is 29.6 Å². The highest BCUT2D eigenvalue weighted by Gasteiger charge is 2.34. The van der Waals surface area contributed by atoms with Crippen molar-refractivity contribution < 1.29 is 13.9 Å². The zero-order valence-corrected chi connectivity index (χ0v) is 17.5. The maximum Gasteiger partial charge on any atom is 0.410 e. The molecule has 3 heterocycles. The van der Waals surface area contributed by atoms with Crippen molar-refractivity contribution in [3.63, 3.8) is 0 Å². The zero-order chi connectivity index (χ0) is 20.8. The van der Waals surface area contributed by atoms with E-state index in [2.05, 4.69) is 15.2 Å². The third-order valence-corrected chi connectivity index (χ3v) is 5.53. The largest absolute Gasteiger partial charge is 0.444 e. The van der Waals surface area contributed by atoms with E-state index in [1.165, 1.54) is 23.5 Å². The van der Waals surface area contributed by atoms with Crippen molar-refractivity contribution in [3.8, 4) is 22.1 Å². The average molecular weight is 415 g/mol. The number of amides is 1. The van der Waals surface area contributed by atoms with Crippen LogP contribution in [-0.2, 0) is 11.3 Å². The van der Waals surface area contributed by atoms with Crippen LogP contribution in [0, 0.1) is 5.82 Å². The summed E-state index contributed by atoms with van der Waals surface area (Å²) >= 11 is 1.47. The number of fused-ring (bicyclic) bond motifs is 1. The van der Waals surface area contributed by atoms with Gasteiger partial charge in [0.2, 0.25) is 0 Å². The van der Waals surface area contributed by atoms with Crippen LogP contribution in [0.4, 0.5) is 9.18 Å². The van der Waals surface area contributed by atoms with Gasteiger partial charge in [0, 0.05) is 24.0 Å². The Morgan fingerprint density at radius 1 is 1.21 bits per heavy atom. The van der Waals surface area contributed by atoms with Gasteiger partial charge in [-0.1, -0.05) is 0 Å². The molecule has 1 atom stereocenters. The Kier molecular flexibility index (Phi) is 4.85. The molecule has 0 fully saturated rings. The maximum atomic E-state index is 13.2. The third-order valence-electron chi connectivity index (χ3n) is 4.64. The molecule has 0 bridgehead atoms. The van der Waals surface area contributed by atoms with Crippen molar-refractivity contribution in [2.45, 2.75) is 45.9 Å². The first-order valence-electron chi connectivity index (χ1n) is 9.37. The second-order valence-electron chi connectivity index (χ2n) is 7.93. The standard InChI is InChI=1S/C20H22FN5O2S/c1-12-16-23-24-17(26(16)10-9-25(12)19(27)28-20(2,3)4)15-11-29-18(22-15)13-5-7-14(21)8-6-13/h5-8,11-12H,9-10H2,1-4H3. The topological polar surface area (TPSA) is 73.1 Å². The zero-order valence-electron chi connectivity index (χ0n) is 16.7. The highest BCUT2D eigenvalue weighted by atomic mass is 32.1. The summed E-state index contributed by atoms with van der Waals surface area (Å²) < 4.78 is 20.7. The van der Waals surface area contributed by atoms with Crippen LogP contribution in [-0.4, -0.2) is 42.9 Å². The van der Waals surface area contributed by atoms with E-state index < -0.39 is 5.60 Å². The summed E-state index contributed by atoms with van der Waals surface area (Å²) in [5.41, 5.74) is 1.02. The number of hydrogen-bond acceptors (Lipinski definition) is 6. The summed E-state index contributed by atoms with van der Waals surface area (Å²) in [4.78, 5) is 18.8. The van der Waals surface area contributed by atoms with Crippen LogP contribution in [0.3, 0.4) is 0 Å². The quantitative estimate of drug-likeness (QED) is 0.615. The van der Waals surface area contributed by atoms with Gasteiger partial charge < -0.3 is 9.30 Å². The van der Waals surface area contributed by atoms with E-state index in [-0.39, 0.29) is 18.0 Å². The fourth-order valence-corrected chi connectivity index (χ4v) is 4.05. The van der Waals surface area contributed by atoms with Crippen molar-refractivity contribution in [1.82, 2.24) is 24.6 Å². The van der Waals surface area contributed by atoms with Crippen LogP contribution in [0.2, 0.25) is 0 Å². The molecule has 9 heteroatoms. The summed E-state index contributed by atoms with van der Waals surface area (Å²) in [6, 6.07) is 6.00. The molecule has 0 radical (unpaired) electrons. The molecule has 0 spiro atoms. The molecule has 1 unspecified atom stereocenters. The van der Waals surface area contributed by atoms with E-state index in [0.29, 0.717) is 30.4 Å². The molecular weight excluding hydrogens is 393 g/mol. The molecule has 4 rings (SSSR count). The first-order chi connectivity index (χ1) is 13.7. The van der Waals surface area contributed by atoms with Crippen molar-refractivity contribution in [2.75, 3.05) is 6.54 Å². The van der Waals surface area contributed by atoms with Crippen LogP contribution in [0.1, 0.15) is 39.6 Å². The van der Waals surface area contributed by atoms with Gasteiger partial charge in [0.25, 0.3) is 0 Å². The van der Waals surface area contributed by atoms with E-state index in [1.807, 2.05) is 37.6 Å². The highest BCUT2D eigenvalue weighted by molar-refractivity contribution is 7.13. The number of benzene rings is 1. The number of thiazole rings is 1. The molecule has 2 aromatic heterocycles. The van der Waals surface area contributed by atoms with Crippen LogP contribution >= 0.6 is 11.3 Å². The first-order valence-corrected chi connectivity index (χ1v) is 10.3. The minimum atomic E-state index is -0.551. The van der Waals surface area contributed by atoms with Crippen LogP contribution in [0.5, 0.6) is 0 Å². The van der Waals surface area contributed by atoms with Gasteiger partial charge in [0.05, 0.1) is 6.04 Å². The van der Waals surface area contributed by atoms with Crippen molar-refractivity contribution >= 4 is 17.4 Å². The number of carbonyl (C=O) groups excluding carboxylic acids is 1. The predicted octanol–water partition coefficient (Wildman–Crippen LogP) is 4.52. The molecule has 7 nitrogen and oxygen atoms in total. The fourth-order valence-electron chi connectivity index (χ4n) is 3.25. The lowest BCUT2D eigenvalue weighted by Gasteiger charge is -2.34. The normalized spacial score (nSPS) is 16.6. The first kappa shape index (κ1) is 19.5. The van der Waals surface area contributed by atoms with Gasteiger partial charge in [0.15, 0.2) is 11.6 Å². The lowest BCUT2D eigenvalue weighted by atomic mass is 10.2. The number of hydrogen-bond donors (Lipinski definition) is 0. The minimum absolute atomic E-state index is 0.255. The molecule has 3 aromatic rings. The van der Waals surface area contributed by atoms with Gasteiger partial charge in [-0.25, -0.2) is 14.2 Å². The Labute approximate surface area is 172 Å². The number of nitrogens with zero attached hydrogens (tertiary/aromatic N) is 5. The average Bonchev–Trinajstić information content (AvgIpc) is 3.28. The molecule has 0 N–H and O–H groups in total. The summed E-state index contributed by atoms with van der Waals surface area (Å²) in [5.74, 6) is 1.09. The second kappa shape index (κ2) is 7.22. The van der Waals surface area contributed by atoms with E-state index >= 15 is 0 Å². The van der Waals surface area contributed by atoms with Gasteiger partial charge in [-0.15, -0.1) is 21.5 Å². The van der Waals surface area contributed by atoms with Crippen molar-refractivity contribution in [3.05, 3.63) is 41.3 Å². The molecule has 152 valence electrons. The van der Waals surface area contributed by atoms with Crippen molar-refractivity contribution in [2.24, 2.45) is 0 Å². The van der Waals surface area contributed by atoms with Gasteiger partial charge in [0.1, 0.15) is 22.1 Å². The third kappa shape index (κ3) is 3.87. The second-order valence-corrected chi connectivity index (χ2v) is 8.79. The molecule has 1 amide bonds. The van der Waals surface area contributed by atoms with Crippen molar-refractivity contribution in [1.29, 1.82) is 0 Å². The SMILES string of the molecule is CC1c2nnc(-c3csc(-c4ccc(F)cc4)n3)n2CCN1C(=O)OC(C)(C)C. The molecule has 29 heavy (non-hydrogen) atoms. The lowest BCUT2D eigenvalue weighted by molar-refractivity contribution is 0.0121. The van der Waals surface area contributed by atoms with E-state index in [4.69, 9.17) is 4.74 Å². The Morgan fingerprint density at radius 3 is 2.62 bits per heavy atom. The van der Waals surface area contributed by atoms with Gasteiger partial charge in [-0.05, 0) is 52.0 Å². The monoisotopic (exact) mass is 415 g/mol. The van der Waals surface area contributed by atoms with Gasteiger partial charge >= 0.3 is 6.09 Å². The van der Waals surface area contributed by atoms with Gasteiger partial charge in [-0.2, -0.15) is 0 Å². The Morgan fingerprint density at radius 2 is 1.93 bits per heavy atom. The van der Waals surface area contributed by atoms with E-state index in [0.717, 1.165) is 10.6 Å². The summed E-state index contributed by atoms with van der Waals surface area (Å²) in [6.07, 6.45) is -0.354. The highest BCUT2D eigenvalue weighted by Crippen LogP contribution is 2.32. The number of halogens is 1. The van der Waals surface area contributed by atoms with Gasteiger partial charge in [-0.3, -0.25) is 4.90 Å². The molecular formula is C20H22FN5O2S. The molecule has 1 aliphatic heterocycles. The van der Waals surface area contributed by atoms with E-state index in [9.17, 15) is 9.18 Å². The summed E-state index contributed by atoms with van der Waals surface area (Å²) in [6.45, 7) is 8.52. The number of rotatable bonds is 2. The number of ether oxygens (including phenoxy) is 1. The summed E-state index contributed by atoms with van der Waals surface area (Å²) in [5, 5.41) is 11.3. The summed E-state index contributed by atoms with van der Waals surface area (Å²) in [7, 11) is 0. The smallest absolute Gasteiger partial charge is 0.410 e.